The Labute approximate surface area is 355 Å². The van der Waals surface area contributed by atoms with Gasteiger partial charge in [-0.15, -0.1) is 4.57 Å². The molecule has 60 heavy (non-hydrogen) atoms. The summed E-state index contributed by atoms with van der Waals surface area (Å²) in [6, 6.07) is 29.2. The van der Waals surface area contributed by atoms with Gasteiger partial charge in [0.1, 0.15) is 22.4 Å². The first-order chi connectivity index (χ1) is 29.1. The van der Waals surface area contributed by atoms with Crippen LogP contribution in [0, 0.1) is 20.8 Å². The number of nitrogens with zero attached hydrogens (tertiary/aromatic N) is 3. The van der Waals surface area contributed by atoms with E-state index in [9.17, 15) is 0 Å². The summed E-state index contributed by atoms with van der Waals surface area (Å²) in [5.74, 6) is 0. The minimum atomic E-state index is 0.747. The standard InChI is InChI=1S/C50H60N10/c1-32-25-39(58-45-26-33(2)42(53-5)29-46(45)57-38-17-13-36(51)14-18-38)19-22-41(32)55-23-11-9-7-8-10-12-24-56-44-31-50-48(28-35(44)4)59-47-27-34(3)43(54-6)30-49(47)60(50)40-20-15-37(52)16-21-40/h13-18,20-22,25-31,53,55H,7-12,19,23-24,52H2,1-6H3,(H4,51,54,56,57,59)/p+2. The monoisotopic (exact) mass is 803 g/mol. The van der Waals surface area contributed by atoms with Crippen LogP contribution in [0.4, 0.5) is 45.5 Å². The van der Waals surface area contributed by atoms with E-state index >= 15 is 0 Å². The highest BCUT2D eigenvalue weighted by molar-refractivity contribution is 6.00. The molecule has 1 heterocycles. The molecule has 0 amide bonds. The van der Waals surface area contributed by atoms with E-state index in [1.54, 1.807) is 0 Å². The first-order valence-electron chi connectivity index (χ1n) is 21.4. The van der Waals surface area contributed by atoms with Gasteiger partial charge in [0.15, 0.2) is 5.69 Å². The third kappa shape index (κ3) is 9.89. The third-order valence-electron chi connectivity index (χ3n) is 11.5. The van der Waals surface area contributed by atoms with Gasteiger partial charge in [-0.3, -0.25) is 5.32 Å². The van der Waals surface area contributed by atoms with Crippen molar-refractivity contribution < 1.29 is 9.88 Å². The van der Waals surface area contributed by atoms with Gasteiger partial charge in [-0.05, 0) is 111 Å². The predicted octanol–water partition coefficient (Wildman–Crippen LogP) is 9.71. The lowest BCUT2D eigenvalue weighted by Gasteiger charge is -2.17. The number of benzene rings is 5. The van der Waals surface area contributed by atoms with Gasteiger partial charge in [-0.25, -0.2) is 9.98 Å². The average Bonchev–Trinajstić information content (AvgIpc) is 3.23. The van der Waals surface area contributed by atoms with Crippen LogP contribution < -0.4 is 42.6 Å². The molecule has 10 heteroatoms. The van der Waals surface area contributed by atoms with Crippen LogP contribution in [0.25, 0.3) is 27.8 Å². The van der Waals surface area contributed by atoms with Crippen LogP contribution >= 0.6 is 0 Å². The number of aliphatic imine (C=N–C) groups is 1. The summed E-state index contributed by atoms with van der Waals surface area (Å²) in [4.78, 5) is 10.3. The molecule has 10 nitrogen and oxygen atoms in total. The molecular formula is C50H62N10+2. The number of nitrogens with two attached hydrogens (primary N) is 3. The number of rotatable bonds is 17. The Morgan fingerprint density at radius 3 is 1.83 bits per heavy atom. The van der Waals surface area contributed by atoms with E-state index < -0.39 is 0 Å². The normalized spacial score (nSPS) is 13.4. The summed E-state index contributed by atoms with van der Waals surface area (Å²) in [7, 11) is 3.92. The molecule has 1 aromatic heterocycles. The Balaban J connectivity index is 0.879. The van der Waals surface area contributed by atoms with Crippen molar-refractivity contribution in [1.29, 1.82) is 0 Å². The second-order valence-electron chi connectivity index (χ2n) is 16.1. The van der Waals surface area contributed by atoms with Gasteiger partial charge in [-0.2, -0.15) is 0 Å². The Bertz CT molecular complexity index is 2570. The molecule has 1 aliphatic carbocycles. The molecule has 0 fully saturated rings. The fraction of sp³-hybridized carbons (Fsp3) is 0.300. The minimum Gasteiger partial charge on any atom is -0.399 e. The summed E-state index contributed by atoms with van der Waals surface area (Å²) in [6.45, 7) is 10.5. The highest BCUT2D eigenvalue weighted by Gasteiger charge is 2.22. The molecule has 0 saturated carbocycles. The molecule has 0 radical (unpaired) electrons. The first kappa shape index (κ1) is 41.8. The van der Waals surface area contributed by atoms with E-state index in [-0.39, 0.29) is 0 Å². The fourth-order valence-electron chi connectivity index (χ4n) is 8.09. The quantitative estimate of drug-likeness (QED) is 0.0210. The second-order valence-corrected chi connectivity index (χ2v) is 16.1. The summed E-state index contributed by atoms with van der Waals surface area (Å²) >= 11 is 0. The van der Waals surface area contributed by atoms with Crippen molar-refractivity contribution in [3.05, 3.63) is 125 Å². The van der Waals surface area contributed by atoms with Crippen molar-refractivity contribution in [3.63, 3.8) is 0 Å². The van der Waals surface area contributed by atoms with E-state index in [0.717, 1.165) is 111 Å². The van der Waals surface area contributed by atoms with Crippen LogP contribution in [0.1, 0.15) is 68.6 Å². The number of nitrogens with one attached hydrogen (secondary N) is 4. The number of quaternary nitrogens is 1. The van der Waals surface area contributed by atoms with Crippen molar-refractivity contribution in [2.24, 2.45) is 4.99 Å². The molecule has 6 aromatic rings. The lowest BCUT2D eigenvalue weighted by molar-refractivity contribution is -0.538. The lowest BCUT2D eigenvalue weighted by atomic mass is 10.0. The Hall–Kier alpha value is -6.39. The molecule has 10 N–H and O–H groups in total. The number of nitrogen functional groups attached to an aromatic ring is 2. The molecule has 7 rings (SSSR count). The van der Waals surface area contributed by atoms with Crippen LogP contribution in [0.2, 0.25) is 0 Å². The average molecular weight is 803 g/mol. The Kier molecular flexibility index (Phi) is 13.3. The molecule has 310 valence electrons. The molecular weight excluding hydrogens is 741 g/mol. The number of allylic oxidation sites excluding steroid dienone is 3. The predicted molar refractivity (Wildman–Crippen MR) is 255 cm³/mol. The van der Waals surface area contributed by atoms with Gasteiger partial charge in [0.05, 0.1) is 0 Å². The smallest absolute Gasteiger partial charge is 0.239 e. The van der Waals surface area contributed by atoms with Crippen LogP contribution in [0.15, 0.2) is 113 Å². The van der Waals surface area contributed by atoms with Crippen molar-refractivity contribution in [2.45, 2.75) is 72.6 Å². The number of hydrogen-bond donors (Lipinski definition) is 7. The lowest BCUT2D eigenvalue weighted by Crippen LogP contribution is -2.71. The molecule has 5 aromatic carbocycles. The number of aryl methyl sites for hydroxylation is 3. The fourth-order valence-corrected chi connectivity index (χ4v) is 8.09. The number of aromatic nitrogens is 2. The van der Waals surface area contributed by atoms with E-state index in [1.165, 1.54) is 53.6 Å². The van der Waals surface area contributed by atoms with Crippen LogP contribution in [-0.2, 0) is 0 Å². The molecule has 0 aliphatic heterocycles. The summed E-state index contributed by atoms with van der Waals surface area (Å²) in [5, 5.41) is 16.3. The molecule has 0 atom stereocenters. The van der Waals surface area contributed by atoms with Gasteiger partial charge in [0.25, 0.3) is 0 Å². The molecule has 0 unspecified atom stereocenters. The first-order valence-corrected chi connectivity index (χ1v) is 21.4. The molecule has 0 spiro atoms. The van der Waals surface area contributed by atoms with Gasteiger partial charge in [-0.1, -0.05) is 31.8 Å². The highest BCUT2D eigenvalue weighted by atomic mass is 15.0. The zero-order chi connectivity index (χ0) is 42.2. The number of unbranched alkanes of at least 4 members (excludes halogenated alkanes) is 5. The van der Waals surface area contributed by atoms with Crippen LogP contribution in [0.5, 0.6) is 0 Å². The van der Waals surface area contributed by atoms with Crippen molar-refractivity contribution >= 4 is 73.3 Å². The number of hydrogen-bond acceptors (Lipinski definition) is 8. The maximum Gasteiger partial charge on any atom is 0.239 e. The Morgan fingerprint density at radius 2 is 1.20 bits per heavy atom. The molecule has 0 bridgehead atoms. The zero-order valence-corrected chi connectivity index (χ0v) is 36.2. The van der Waals surface area contributed by atoms with Gasteiger partial charge >= 0.3 is 0 Å². The zero-order valence-electron chi connectivity index (χ0n) is 36.2. The van der Waals surface area contributed by atoms with Crippen LogP contribution in [0.3, 0.4) is 0 Å². The molecule has 0 saturated heterocycles. The second kappa shape index (κ2) is 19.1. The minimum absolute atomic E-state index is 0.747. The number of fused-ring (bicyclic) bond motifs is 2. The Morgan fingerprint density at radius 1 is 0.650 bits per heavy atom. The summed E-state index contributed by atoms with van der Waals surface area (Å²) in [6.07, 6.45) is 12.5. The highest BCUT2D eigenvalue weighted by Crippen LogP contribution is 2.31. The maximum atomic E-state index is 6.09. The van der Waals surface area contributed by atoms with E-state index in [1.807, 2.05) is 50.5 Å². The summed E-state index contributed by atoms with van der Waals surface area (Å²) in [5.41, 5.74) is 32.2. The topological polar surface area (TPSA) is 146 Å². The van der Waals surface area contributed by atoms with Crippen LogP contribution in [-0.4, -0.2) is 37.9 Å². The van der Waals surface area contributed by atoms with Crippen molar-refractivity contribution in [2.75, 3.05) is 54.6 Å². The van der Waals surface area contributed by atoms with Gasteiger partial charge in [0, 0.05) is 116 Å². The van der Waals surface area contributed by atoms with E-state index in [0.29, 0.717) is 0 Å². The van der Waals surface area contributed by atoms with Gasteiger partial charge in [0.2, 0.25) is 16.7 Å². The summed E-state index contributed by atoms with van der Waals surface area (Å²) < 4.78 is 2.30. The SMILES string of the molecule is CNc1cc([NH2+]c2ccc(N)cc2)c(N=C2C=C(C)C(NCCCCCCCCNc3cc4c(cc3C)nc3cc(C)c(NC)cc3[n+]4-c3ccc(N)cc3)=CC2)cc1C. The van der Waals surface area contributed by atoms with Crippen molar-refractivity contribution in [1.82, 2.24) is 10.3 Å². The van der Waals surface area contributed by atoms with E-state index in [2.05, 4.69) is 120 Å². The van der Waals surface area contributed by atoms with Crippen molar-refractivity contribution in [3.8, 4) is 5.69 Å². The maximum absolute atomic E-state index is 6.09. The number of anilines is 5. The van der Waals surface area contributed by atoms with E-state index in [4.69, 9.17) is 21.4 Å². The van der Waals surface area contributed by atoms with Gasteiger partial charge < -0.3 is 32.7 Å². The third-order valence-corrected chi connectivity index (χ3v) is 11.5. The molecule has 1 aliphatic rings. The largest absolute Gasteiger partial charge is 0.399 e.